The molecule has 0 bridgehead atoms. The molecule has 0 heterocycles. The minimum Gasteiger partial charge on any atom is -0.497 e. The zero-order chi connectivity index (χ0) is 20.4. The van der Waals surface area contributed by atoms with Crippen molar-refractivity contribution in [2.75, 3.05) is 20.8 Å². The predicted octanol–water partition coefficient (Wildman–Crippen LogP) is 1.64. The van der Waals surface area contributed by atoms with Crippen LogP contribution in [0.25, 0.3) is 0 Å². The Morgan fingerprint density at radius 2 is 1.54 bits per heavy atom. The van der Waals surface area contributed by atoms with Crippen molar-refractivity contribution in [3.05, 3.63) is 59.7 Å². The van der Waals surface area contributed by atoms with Gasteiger partial charge >= 0.3 is 5.97 Å². The molecule has 2 N–H and O–H groups in total. The van der Waals surface area contributed by atoms with E-state index in [-0.39, 0.29) is 6.42 Å². The standard InChI is InChI=1S/C20H22N2O6/c1-26-16-10-14(11-17(12-16)27-2)8-9-19(24)28-13-18(23)21-22-20(25)15-6-4-3-5-7-15/h3-7,10-12H,8-9,13H2,1-2H3,(H,21,23)(H,22,25). The number of carbonyl (C=O) groups excluding carboxylic acids is 3. The number of carbonyl (C=O) groups is 3. The summed E-state index contributed by atoms with van der Waals surface area (Å²) in [6, 6.07) is 13.7. The SMILES string of the molecule is COc1cc(CCC(=O)OCC(=O)NNC(=O)c2ccccc2)cc(OC)c1. The van der Waals surface area contributed by atoms with E-state index in [1.165, 1.54) is 0 Å². The molecule has 0 fully saturated rings. The van der Waals surface area contributed by atoms with Crippen molar-refractivity contribution in [1.29, 1.82) is 0 Å². The first kappa shape index (κ1) is 20.8. The Labute approximate surface area is 162 Å². The first-order valence-electron chi connectivity index (χ1n) is 8.53. The second-order valence-corrected chi connectivity index (χ2v) is 5.75. The molecule has 8 nitrogen and oxygen atoms in total. The van der Waals surface area contributed by atoms with Crippen molar-refractivity contribution >= 4 is 17.8 Å². The second kappa shape index (κ2) is 10.6. The van der Waals surface area contributed by atoms with E-state index in [1.54, 1.807) is 62.8 Å². The van der Waals surface area contributed by atoms with Gasteiger partial charge in [-0.1, -0.05) is 18.2 Å². The van der Waals surface area contributed by atoms with Gasteiger partial charge < -0.3 is 14.2 Å². The largest absolute Gasteiger partial charge is 0.497 e. The van der Waals surface area contributed by atoms with Gasteiger partial charge in [0.25, 0.3) is 11.8 Å². The first-order chi connectivity index (χ1) is 13.5. The third-order valence-corrected chi connectivity index (χ3v) is 3.74. The lowest BCUT2D eigenvalue weighted by molar-refractivity contribution is -0.148. The van der Waals surface area contributed by atoms with E-state index in [0.29, 0.717) is 23.5 Å². The molecule has 0 unspecified atom stereocenters. The molecule has 0 saturated heterocycles. The molecule has 2 amide bonds. The Balaban J connectivity index is 1.72. The average Bonchev–Trinajstić information content (AvgIpc) is 2.74. The normalized spacial score (nSPS) is 9.93. The van der Waals surface area contributed by atoms with Crippen molar-refractivity contribution in [2.45, 2.75) is 12.8 Å². The molecule has 0 spiro atoms. The summed E-state index contributed by atoms with van der Waals surface area (Å²) in [6.07, 6.45) is 0.485. The van der Waals surface area contributed by atoms with Crippen LogP contribution in [0.3, 0.4) is 0 Å². The van der Waals surface area contributed by atoms with Crippen molar-refractivity contribution in [3.63, 3.8) is 0 Å². The summed E-state index contributed by atoms with van der Waals surface area (Å²) < 4.78 is 15.3. The molecule has 0 aromatic heterocycles. The van der Waals surface area contributed by atoms with Gasteiger partial charge in [0.2, 0.25) is 0 Å². The fourth-order valence-electron chi connectivity index (χ4n) is 2.30. The smallest absolute Gasteiger partial charge is 0.306 e. The Morgan fingerprint density at radius 3 is 2.14 bits per heavy atom. The summed E-state index contributed by atoms with van der Waals surface area (Å²) in [5, 5.41) is 0. The second-order valence-electron chi connectivity index (χ2n) is 5.75. The Kier molecular flexibility index (Phi) is 7.83. The van der Waals surface area contributed by atoms with Crippen LogP contribution in [0, 0.1) is 0 Å². The molecule has 8 heteroatoms. The number of amides is 2. The highest BCUT2D eigenvalue weighted by Gasteiger charge is 2.11. The molecular formula is C20H22N2O6. The molecule has 2 aromatic rings. The van der Waals surface area contributed by atoms with E-state index in [9.17, 15) is 14.4 Å². The minimum absolute atomic E-state index is 0.0833. The van der Waals surface area contributed by atoms with Crippen LogP contribution in [0.1, 0.15) is 22.3 Å². The lowest BCUT2D eigenvalue weighted by Gasteiger charge is -2.09. The van der Waals surface area contributed by atoms with Crippen LogP contribution in [0.4, 0.5) is 0 Å². The van der Waals surface area contributed by atoms with Gasteiger partial charge in [-0.2, -0.15) is 0 Å². The number of methoxy groups -OCH3 is 2. The van der Waals surface area contributed by atoms with Gasteiger partial charge in [0.1, 0.15) is 11.5 Å². The maximum absolute atomic E-state index is 11.8. The number of benzene rings is 2. The fraction of sp³-hybridized carbons (Fsp3) is 0.250. The summed E-state index contributed by atoms with van der Waals surface area (Å²) in [5.74, 6) is -0.397. The maximum atomic E-state index is 11.8. The van der Waals surface area contributed by atoms with Crippen LogP contribution in [-0.2, 0) is 20.7 Å². The predicted molar refractivity (Wildman–Crippen MR) is 101 cm³/mol. The quantitative estimate of drug-likeness (QED) is 0.528. The van der Waals surface area contributed by atoms with Gasteiger partial charge in [-0.3, -0.25) is 25.2 Å². The molecule has 0 aliphatic carbocycles. The number of esters is 1. The summed E-state index contributed by atoms with van der Waals surface area (Å²) in [6.45, 7) is -0.491. The zero-order valence-electron chi connectivity index (χ0n) is 15.7. The highest BCUT2D eigenvalue weighted by atomic mass is 16.5. The van der Waals surface area contributed by atoms with Crippen LogP contribution in [-0.4, -0.2) is 38.6 Å². The van der Waals surface area contributed by atoms with Crippen LogP contribution >= 0.6 is 0 Å². The Morgan fingerprint density at radius 1 is 0.893 bits per heavy atom. The van der Waals surface area contributed by atoms with Crippen LogP contribution < -0.4 is 20.3 Å². The summed E-state index contributed by atoms with van der Waals surface area (Å²) in [5.41, 5.74) is 5.68. The lowest BCUT2D eigenvalue weighted by Crippen LogP contribution is -2.43. The topological polar surface area (TPSA) is 103 Å². The lowest BCUT2D eigenvalue weighted by atomic mass is 10.1. The number of nitrogens with one attached hydrogen (secondary N) is 2. The van der Waals surface area contributed by atoms with Crippen molar-refractivity contribution in [2.24, 2.45) is 0 Å². The van der Waals surface area contributed by atoms with Gasteiger partial charge in [0.05, 0.1) is 14.2 Å². The monoisotopic (exact) mass is 386 g/mol. The van der Waals surface area contributed by atoms with Crippen LogP contribution in [0.5, 0.6) is 11.5 Å². The maximum Gasteiger partial charge on any atom is 0.306 e. The molecule has 2 aromatic carbocycles. The molecule has 0 atom stereocenters. The van der Waals surface area contributed by atoms with Crippen LogP contribution in [0.2, 0.25) is 0 Å². The van der Waals surface area contributed by atoms with E-state index in [2.05, 4.69) is 10.9 Å². The van der Waals surface area contributed by atoms with Crippen LogP contribution in [0.15, 0.2) is 48.5 Å². The van der Waals surface area contributed by atoms with E-state index in [1.807, 2.05) is 0 Å². The number of hydrazine groups is 1. The molecule has 0 saturated carbocycles. The van der Waals surface area contributed by atoms with Gasteiger partial charge in [-0.15, -0.1) is 0 Å². The molecule has 0 aliphatic rings. The number of ether oxygens (including phenoxy) is 3. The molecule has 0 radical (unpaired) electrons. The van der Waals surface area contributed by atoms with E-state index in [0.717, 1.165) is 5.56 Å². The number of hydrogen-bond acceptors (Lipinski definition) is 6. The molecule has 2 rings (SSSR count). The van der Waals surface area contributed by atoms with E-state index < -0.39 is 24.4 Å². The zero-order valence-corrected chi connectivity index (χ0v) is 15.7. The number of rotatable bonds is 8. The molecular weight excluding hydrogens is 364 g/mol. The van der Waals surface area contributed by atoms with E-state index in [4.69, 9.17) is 14.2 Å². The highest BCUT2D eigenvalue weighted by molar-refractivity contribution is 5.95. The highest BCUT2D eigenvalue weighted by Crippen LogP contribution is 2.23. The third kappa shape index (κ3) is 6.64. The van der Waals surface area contributed by atoms with Gasteiger partial charge in [-0.05, 0) is 36.2 Å². The summed E-state index contributed by atoms with van der Waals surface area (Å²) >= 11 is 0. The Bertz CT molecular complexity index is 800. The number of aryl methyl sites for hydroxylation is 1. The molecule has 0 aliphatic heterocycles. The fourth-order valence-corrected chi connectivity index (χ4v) is 2.30. The van der Waals surface area contributed by atoms with Crippen molar-refractivity contribution in [3.8, 4) is 11.5 Å². The summed E-state index contributed by atoms with van der Waals surface area (Å²) in [7, 11) is 3.09. The van der Waals surface area contributed by atoms with Gasteiger partial charge in [0, 0.05) is 18.1 Å². The van der Waals surface area contributed by atoms with Gasteiger partial charge in [-0.25, -0.2) is 0 Å². The van der Waals surface area contributed by atoms with Gasteiger partial charge in [0.15, 0.2) is 6.61 Å². The summed E-state index contributed by atoms with van der Waals surface area (Å²) in [4.78, 5) is 35.3. The first-order valence-corrected chi connectivity index (χ1v) is 8.53. The Hall–Kier alpha value is -3.55. The molecule has 28 heavy (non-hydrogen) atoms. The number of hydrogen-bond donors (Lipinski definition) is 2. The molecule has 148 valence electrons. The van der Waals surface area contributed by atoms with E-state index >= 15 is 0 Å². The minimum atomic E-state index is -0.638. The van der Waals surface area contributed by atoms with Crippen molar-refractivity contribution < 1.29 is 28.6 Å². The average molecular weight is 386 g/mol. The third-order valence-electron chi connectivity index (χ3n) is 3.74. The van der Waals surface area contributed by atoms with Crippen molar-refractivity contribution in [1.82, 2.24) is 10.9 Å².